The second-order valence-electron chi connectivity index (χ2n) is 1.72. The van der Waals surface area contributed by atoms with Gasteiger partial charge in [-0.3, -0.25) is 4.79 Å². The average molecular weight is 136 g/mol. The van der Waals surface area contributed by atoms with Crippen molar-refractivity contribution in [2.24, 2.45) is 10.7 Å². The summed E-state index contributed by atoms with van der Waals surface area (Å²) in [5.41, 5.74) is 5.22. The Morgan fingerprint density at radius 3 is 2.44 bits per heavy atom. The van der Waals surface area contributed by atoms with Gasteiger partial charge in [-0.2, -0.15) is 4.99 Å². The molecule has 0 aromatic rings. The van der Waals surface area contributed by atoms with Crippen molar-refractivity contribution >= 4 is 11.9 Å². The van der Waals surface area contributed by atoms with Gasteiger partial charge in [0.1, 0.15) is 6.54 Å². The molecule has 5 heteroatoms. The summed E-state index contributed by atoms with van der Waals surface area (Å²) in [5.74, 6) is 0.153. The second kappa shape index (κ2) is 3.20. The number of nitrogens with zero attached hydrogens (tertiary/aromatic N) is 2. The Morgan fingerprint density at radius 1 is 1.78 bits per heavy atom. The van der Waals surface area contributed by atoms with Crippen molar-refractivity contribution in [1.29, 1.82) is 0 Å². The Kier molecular flexibility index (Phi) is 3.17. The van der Waals surface area contributed by atoms with Crippen LogP contribution in [0.2, 0.25) is 0 Å². The zero-order valence-electron chi connectivity index (χ0n) is 5.59. The number of carbonyl (C=O) groups excluding carboxylic acids is 1. The Morgan fingerprint density at radius 2 is 2.33 bits per heavy atom. The molecule has 1 rings (SSSR count). The van der Waals surface area contributed by atoms with E-state index in [9.17, 15) is 4.79 Å². The number of guanidine groups is 1. The molecule has 0 saturated heterocycles. The summed E-state index contributed by atoms with van der Waals surface area (Å²) in [6, 6.07) is 0. The molecule has 0 spiro atoms. The van der Waals surface area contributed by atoms with Crippen molar-refractivity contribution in [3.63, 3.8) is 0 Å². The van der Waals surface area contributed by atoms with Crippen molar-refractivity contribution in [2.45, 2.75) is 0 Å². The maximum Gasteiger partial charge on any atom is 1.00 e. The zero-order valence-corrected chi connectivity index (χ0v) is 7.59. The van der Waals surface area contributed by atoms with Gasteiger partial charge in [-0.15, -0.1) is 0 Å². The molecule has 1 aliphatic heterocycles. The van der Waals surface area contributed by atoms with Gasteiger partial charge in [0.15, 0.2) is 5.96 Å². The van der Waals surface area contributed by atoms with Crippen molar-refractivity contribution in [2.75, 3.05) is 13.6 Å². The molecule has 0 saturated carbocycles. The fourth-order valence-electron chi connectivity index (χ4n) is 0.532. The number of nitrogens with two attached hydrogens (primary N) is 1. The van der Waals surface area contributed by atoms with Crippen molar-refractivity contribution < 1.29 is 34.4 Å². The summed E-state index contributed by atoms with van der Waals surface area (Å²) in [4.78, 5) is 15.4. The van der Waals surface area contributed by atoms with Gasteiger partial charge in [-0.1, -0.05) is 0 Å². The molecular weight excluding hydrogens is 129 g/mol. The van der Waals surface area contributed by atoms with Gasteiger partial charge in [0.25, 0.3) is 5.91 Å². The van der Waals surface area contributed by atoms with E-state index in [1.165, 1.54) is 0 Å². The van der Waals surface area contributed by atoms with E-state index in [-0.39, 0.29) is 35.5 Å². The van der Waals surface area contributed by atoms with Crippen LogP contribution in [0.3, 0.4) is 0 Å². The average Bonchev–Trinajstić information content (AvgIpc) is 1.85. The molecule has 0 radical (unpaired) electrons. The third-order valence-corrected chi connectivity index (χ3v) is 1.00. The molecule has 9 heavy (non-hydrogen) atoms. The Hall–Kier alpha value is -0.0600. The topological polar surface area (TPSA) is 58.7 Å². The van der Waals surface area contributed by atoms with E-state index in [4.69, 9.17) is 5.73 Å². The SMILES string of the molecule is CN1CC(=O)N=C1N.[Na+]. The Labute approximate surface area is 75.4 Å². The van der Waals surface area contributed by atoms with Crippen LogP contribution in [-0.2, 0) is 4.79 Å². The zero-order chi connectivity index (χ0) is 6.15. The fourth-order valence-corrected chi connectivity index (χ4v) is 0.532. The predicted molar refractivity (Wildman–Crippen MR) is 29.3 cm³/mol. The second-order valence-corrected chi connectivity index (χ2v) is 1.72. The minimum atomic E-state index is -0.162. The first kappa shape index (κ1) is 8.94. The third-order valence-electron chi connectivity index (χ3n) is 1.00. The first-order valence-corrected chi connectivity index (χ1v) is 2.28. The first-order chi connectivity index (χ1) is 3.70. The molecule has 0 atom stereocenters. The maximum absolute atomic E-state index is 10.4. The molecule has 2 N–H and O–H groups in total. The Balaban J connectivity index is 0.000000640. The van der Waals surface area contributed by atoms with Crippen LogP contribution in [0.15, 0.2) is 4.99 Å². The van der Waals surface area contributed by atoms with Gasteiger partial charge in [-0.25, -0.2) is 0 Å². The minimum absolute atomic E-state index is 0. The maximum atomic E-state index is 10.4. The van der Waals surface area contributed by atoms with E-state index in [0.29, 0.717) is 12.5 Å². The van der Waals surface area contributed by atoms with Crippen LogP contribution in [0.1, 0.15) is 0 Å². The minimum Gasteiger partial charge on any atom is -0.369 e. The third kappa shape index (κ3) is 1.97. The molecule has 1 amide bonds. The van der Waals surface area contributed by atoms with Crippen molar-refractivity contribution in [3.8, 4) is 0 Å². The van der Waals surface area contributed by atoms with E-state index in [1.54, 1.807) is 11.9 Å². The van der Waals surface area contributed by atoms with Gasteiger partial charge in [0.2, 0.25) is 0 Å². The number of amides is 1. The monoisotopic (exact) mass is 136 g/mol. The summed E-state index contributed by atoms with van der Waals surface area (Å²) < 4.78 is 0. The molecule has 0 aromatic heterocycles. The summed E-state index contributed by atoms with van der Waals surface area (Å²) in [7, 11) is 1.73. The number of likely N-dealkylation sites (N-methyl/N-ethyl adjacent to an activating group) is 1. The van der Waals surface area contributed by atoms with Crippen LogP contribution in [0.5, 0.6) is 0 Å². The summed E-state index contributed by atoms with van der Waals surface area (Å²) >= 11 is 0. The van der Waals surface area contributed by atoms with Crippen LogP contribution in [0.25, 0.3) is 0 Å². The van der Waals surface area contributed by atoms with Gasteiger partial charge in [-0.05, 0) is 0 Å². The summed E-state index contributed by atoms with van der Waals surface area (Å²) in [5, 5.41) is 0. The number of rotatable bonds is 0. The summed E-state index contributed by atoms with van der Waals surface area (Å²) in [6.45, 7) is 0.325. The number of hydrogen-bond donors (Lipinski definition) is 1. The standard InChI is InChI=1S/C4H7N3O.Na/c1-7-2-3(8)6-4(7)5;/h2H2,1H3,(H2,5,6,8);/q;+1. The van der Waals surface area contributed by atoms with E-state index in [1.807, 2.05) is 0 Å². The molecular formula is C4H7N3NaO+. The molecule has 1 heterocycles. The largest absolute Gasteiger partial charge is 1.00 e. The normalized spacial score (nSPS) is 17.2. The molecule has 0 fully saturated rings. The molecule has 0 bridgehead atoms. The predicted octanol–water partition coefficient (Wildman–Crippen LogP) is -4.22. The Bertz CT molecular complexity index is 156. The van der Waals surface area contributed by atoms with Crippen LogP contribution in [0.4, 0.5) is 0 Å². The fraction of sp³-hybridized carbons (Fsp3) is 0.500. The van der Waals surface area contributed by atoms with E-state index in [2.05, 4.69) is 4.99 Å². The van der Waals surface area contributed by atoms with Crippen molar-refractivity contribution in [3.05, 3.63) is 0 Å². The molecule has 1 aliphatic rings. The first-order valence-electron chi connectivity index (χ1n) is 2.28. The van der Waals surface area contributed by atoms with E-state index in [0.717, 1.165) is 0 Å². The molecule has 0 aliphatic carbocycles. The van der Waals surface area contributed by atoms with Crippen LogP contribution in [0, 0.1) is 0 Å². The molecule has 44 valence electrons. The van der Waals surface area contributed by atoms with E-state index >= 15 is 0 Å². The van der Waals surface area contributed by atoms with Crippen LogP contribution < -0.4 is 35.3 Å². The molecule has 0 unspecified atom stereocenters. The summed E-state index contributed by atoms with van der Waals surface area (Å²) in [6.07, 6.45) is 0. The van der Waals surface area contributed by atoms with Gasteiger partial charge in [0, 0.05) is 7.05 Å². The molecule has 4 nitrogen and oxygen atoms in total. The number of carbonyl (C=O) groups is 1. The van der Waals surface area contributed by atoms with Gasteiger partial charge >= 0.3 is 29.6 Å². The van der Waals surface area contributed by atoms with Crippen molar-refractivity contribution in [1.82, 2.24) is 4.90 Å². The quantitative estimate of drug-likeness (QED) is 0.343. The van der Waals surface area contributed by atoms with Crippen LogP contribution in [-0.4, -0.2) is 30.4 Å². The smallest absolute Gasteiger partial charge is 0.369 e. The van der Waals surface area contributed by atoms with Gasteiger partial charge < -0.3 is 10.6 Å². The molecule has 0 aromatic carbocycles. The van der Waals surface area contributed by atoms with Crippen LogP contribution >= 0.6 is 0 Å². The van der Waals surface area contributed by atoms with Gasteiger partial charge in [0.05, 0.1) is 0 Å². The van der Waals surface area contributed by atoms with E-state index < -0.39 is 0 Å². The number of hydrogen-bond acceptors (Lipinski definition) is 3. The number of aliphatic imine (C=N–C) groups is 1.